The van der Waals surface area contributed by atoms with Gasteiger partial charge in [0.1, 0.15) is 0 Å². The van der Waals surface area contributed by atoms with Crippen LogP contribution in [0.15, 0.2) is 48.5 Å². The maximum Gasteiger partial charge on any atom is 0.416 e. The molecule has 1 atom stereocenters. The summed E-state index contributed by atoms with van der Waals surface area (Å²) in [6, 6.07) is 11.7. The Balaban J connectivity index is 0.00000312. The second kappa shape index (κ2) is 8.76. The first kappa shape index (κ1) is 20.8. The molecule has 0 aromatic heterocycles. The number of rotatable bonds is 5. The molecule has 0 heterocycles. The third kappa shape index (κ3) is 5.98. The Morgan fingerprint density at radius 2 is 1.72 bits per heavy atom. The monoisotopic (exact) mass is 372 g/mol. The molecular weight excluding hydrogens is 353 g/mol. The third-order valence-corrected chi connectivity index (χ3v) is 3.79. The maximum absolute atomic E-state index is 12.5. The number of hydrogen-bond donors (Lipinski definition) is 2. The molecule has 0 radical (unpaired) electrons. The van der Waals surface area contributed by atoms with Crippen molar-refractivity contribution in [3.8, 4) is 0 Å². The summed E-state index contributed by atoms with van der Waals surface area (Å²) in [6.45, 7) is 1.73. The topological polar surface area (TPSA) is 55.1 Å². The lowest BCUT2D eigenvalue weighted by Crippen LogP contribution is -2.27. The summed E-state index contributed by atoms with van der Waals surface area (Å²) in [4.78, 5) is 12.0. The Kier molecular flexibility index (Phi) is 7.30. The smallest absolute Gasteiger partial charge is 0.399 e. The fraction of sp³-hybridized carbons (Fsp3) is 0.278. The normalized spacial score (nSPS) is 12.2. The second-order valence-electron chi connectivity index (χ2n) is 5.61. The Bertz CT molecular complexity index is 702. The number of nitrogens with one attached hydrogen (secondary N) is 1. The van der Waals surface area contributed by atoms with Gasteiger partial charge in [-0.15, -0.1) is 12.4 Å². The predicted molar refractivity (Wildman–Crippen MR) is 94.4 cm³/mol. The molecule has 0 fully saturated rings. The highest BCUT2D eigenvalue weighted by molar-refractivity contribution is 5.85. The molecule has 0 bridgehead atoms. The predicted octanol–water partition coefficient (Wildman–Crippen LogP) is 4.52. The number of carbonyl (C=O) groups is 1. The van der Waals surface area contributed by atoms with Gasteiger partial charge in [0.15, 0.2) is 0 Å². The van der Waals surface area contributed by atoms with Crippen LogP contribution >= 0.6 is 12.4 Å². The van der Waals surface area contributed by atoms with Crippen LogP contribution in [0.3, 0.4) is 0 Å². The molecule has 0 spiro atoms. The number of alkyl halides is 3. The number of anilines is 1. The van der Waals surface area contributed by atoms with E-state index in [9.17, 15) is 18.0 Å². The fourth-order valence-electron chi connectivity index (χ4n) is 2.37. The Hall–Kier alpha value is -2.21. The number of halogens is 4. The van der Waals surface area contributed by atoms with E-state index in [0.29, 0.717) is 17.7 Å². The molecule has 0 aliphatic heterocycles. The van der Waals surface area contributed by atoms with Gasteiger partial charge in [0.05, 0.1) is 11.6 Å². The second-order valence-corrected chi connectivity index (χ2v) is 5.61. The van der Waals surface area contributed by atoms with Crippen LogP contribution in [-0.2, 0) is 17.4 Å². The zero-order valence-electron chi connectivity index (χ0n) is 13.6. The zero-order chi connectivity index (χ0) is 17.7. The fourth-order valence-corrected chi connectivity index (χ4v) is 2.37. The van der Waals surface area contributed by atoms with Crippen LogP contribution in [0.4, 0.5) is 18.9 Å². The van der Waals surface area contributed by atoms with Crippen LogP contribution in [0.2, 0.25) is 0 Å². The molecule has 136 valence electrons. The molecule has 2 aromatic rings. The van der Waals surface area contributed by atoms with Crippen LogP contribution in [-0.4, -0.2) is 5.91 Å². The van der Waals surface area contributed by atoms with Crippen molar-refractivity contribution in [2.24, 2.45) is 0 Å². The number of hydrogen-bond acceptors (Lipinski definition) is 2. The summed E-state index contributed by atoms with van der Waals surface area (Å²) in [5, 5.41) is 2.78. The van der Waals surface area contributed by atoms with Crippen LogP contribution in [0, 0.1) is 0 Å². The van der Waals surface area contributed by atoms with Crippen molar-refractivity contribution in [3.63, 3.8) is 0 Å². The highest BCUT2D eigenvalue weighted by atomic mass is 35.5. The van der Waals surface area contributed by atoms with Gasteiger partial charge >= 0.3 is 6.18 Å². The van der Waals surface area contributed by atoms with E-state index < -0.39 is 11.7 Å². The van der Waals surface area contributed by atoms with Crippen LogP contribution in [0.1, 0.15) is 36.1 Å². The van der Waals surface area contributed by atoms with Gasteiger partial charge in [-0.3, -0.25) is 4.79 Å². The quantitative estimate of drug-likeness (QED) is 0.758. The van der Waals surface area contributed by atoms with E-state index in [2.05, 4.69) is 5.32 Å². The van der Waals surface area contributed by atoms with Crippen molar-refractivity contribution >= 4 is 24.0 Å². The number of aryl methyl sites for hydroxylation is 1. The Labute approximate surface area is 150 Å². The van der Waals surface area contributed by atoms with E-state index in [1.165, 1.54) is 12.1 Å². The largest absolute Gasteiger partial charge is 0.416 e. The molecule has 2 rings (SSSR count). The zero-order valence-corrected chi connectivity index (χ0v) is 14.5. The molecule has 0 saturated carbocycles. The number of para-hydroxylation sites is 1. The van der Waals surface area contributed by atoms with Gasteiger partial charge in [0, 0.05) is 12.1 Å². The minimum absolute atomic E-state index is 0. The average Bonchev–Trinajstić information content (AvgIpc) is 2.53. The van der Waals surface area contributed by atoms with E-state index >= 15 is 0 Å². The highest BCUT2D eigenvalue weighted by Crippen LogP contribution is 2.29. The molecule has 1 amide bonds. The summed E-state index contributed by atoms with van der Waals surface area (Å²) < 4.78 is 37.6. The van der Waals surface area contributed by atoms with E-state index in [4.69, 9.17) is 5.73 Å². The van der Waals surface area contributed by atoms with E-state index in [0.717, 1.165) is 17.7 Å². The summed E-state index contributed by atoms with van der Waals surface area (Å²) >= 11 is 0. The average molecular weight is 373 g/mol. The Morgan fingerprint density at radius 3 is 2.28 bits per heavy atom. The minimum atomic E-state index is -4.36. The SMILES string of the molecule is CC(NC(=O)CCc1ccccc1N)c1ccc(C(F)(F)F)cc1.Cl. The lowest BCUT2D eigenvalue weighted by molar-refractivity contribution is -0.137. The molecule has 0 aliphatic rings. The molecule has 3 N–H and O–H groups in total. The van der Waals surface area contributed by atoms with E-state index in [1.54, 1.807) is 13.0 Å². The maximum atomic E-state index is 12.5. The molecule has 0 saturated heterocycles. The number of benzene rings is 2. The van der Waals surface area contributed by atoms with Crippen molar-refractivity contribution in [2.75, 3.05) is 5.73 Å². The van der Waals surface area contributed by atoms with Crippen molar-refractivity contribution in [3.05, 3.63) is 65.2 Å². The van der Waals surface area contributed by atoms with Crippen molar-refractivity contribution < 1.29 is 18.0 Å². The molecule has 1 unspecified atom stereocenters. The van der Waals surface area contributed by atoms with Crippen molar-refractivity contribution in [2.45, 2.75) is 32.0 Å². The van der Waals surface area contributed by atoms with Crippen LogP contribution in [0.25, 0.3) is 0 Å². The lowest BCUT2D eigenvalue weighted by Gasteiger charge is -2.15. The highest BCUT2D eigenvalue weighted by Gasteiger charge is 2.30. The first-order chi connectivity index (χ1) is 11.3. The standard InChI is InChI=1S/C18H19F3N2O.ClH/c1-12(13-6-9-15(10-7-13)18(19,20)21)23-17(24)11-8-14-4-2-3-5-16(14)22;/h2-7,9-10,12H,8,11,22H2,1H3,(H,23,24);1H. The lowest BCUT2D eigenvalue weighted by atomic mass is 10.0. The van der Waals surface area contributed by atoms with Crippen LogP contribution < -0.4 is 11.1 Å². The number of carbonyl (C=O) groups excluding carboxylic acids is 1. The molecule has 2 aromatic carbocycles. The molecular formula is C18H20ClF3N2O. The van der Waals surface area contributed by atoms with E-state index in [1.807, 2.05) is 18.2 Å². The van der Waals surface area contributed by atoms with Gasteiger partial charge in [-0.1, -0.05) is 30.3 Å². The minimum Gasteiger partial charge on any atom is -0.399 e. The van der Waals surface area contributed by atoms with Gasteiger partial charge in [-0.2, -0.15) is 13.2 Å². The molecule has 25 heavy (non-hydrogen) atoms. The third-order valence-electron chi connectivity index (χ3n) is 3.79. The first-order valence-corrected chi connectivity index (χ1v) is 7.57. The number of nitrogen functional groups attached to an aromatic ring is 1. The number of amides is 1. The summed E-state index contributed by atoms with van der Waals surface area (Å²) in [5.74, 6) is -0.175. The molecule has 0 aliphatic carbocycles. The van der Waals surface area contributed by atoms with Crippen molar-refractivity contribution in [1.82, 2.24) is 5.32 Å². The van der Waals surface area contributed by atoms with Gasteiger partial charge < -0.3 is 11.1 Å². The molecule has 7 heteroatoms. The summed E-state index contributed by atoms with van der Waals surface area (Å²) in [6.07, 6.45) is -3.59. The summed E-state index contributed by atoms with van der Waals surface area (Å²) in [7, 11) is 0. The first-order valence-electron chi connectivity index (χ1n) is 7.57. The van der Waals surface area contributed by atoms with Gasteiger partial charge in [0.2, 0.25) is 5.91 Å². The Morgan fingerprint density at radius 1 is 1.12 bits per heavy atom. The molecule has 3 nitrogen and oxygen atoms in total. The summed E-state index contributed by atoms with van der Waals surface area (Å²) in [5.41, 5.74) is 7.28. The van der Waals surface area contributed by atoms with E-state index in [-0.39, 0.29) is 30.8 Å². The van der Waals surface area contributed by atoms with Gasteiger partial charge in [0.25, 0.3) is 0 Å². The van der Waals surface area contributed by atoms with Crippen LogP contribution in [0.5, 0.6) is 0 Å². The van der Waals surface area contributed by atoms with Gasteiger partial charge in [-0.25, -0.2) is 0 Å². The number of nitrogens with two attached hydrogens (primary N) is 1. The van der Waals surface area contributed by atoms with Crippen molar-refractivity contribution in [1.29, 1.82) is 0 Å². The van der Waals surface area contributed by atoms with Gasteiger partial charge in [-0.05, 0) is 42.7 Å².